The van der Waals surface area contributed by atoms with Crippen LogP contribution in [0.15, 0.2) is 28.7 Å². The first-order chi connectivity index (χ1) is 9.13. The van der Waals surface area contributed by atoms with Gasteiger partial charge < -0.3 is 9.52 Å². The second-order valence-electron chi connectivity index (χ2n) is 4.67. The van der Waals surface area contributed by atoms with Crippen LogP contribution in [0.3, 0.4) is 0 Å². The Morgan fingerprint density at radius 3 is 2.79 bits per heavy atom. The summed E-state index contributed by atoms with van der Waals surface area (Å²) in [5.74, 6) is -0.452. The first kappa shape index (κ1) is 11.9. The first-order valence-corrected chi connectivity index (χ1v) is 6.11. The smallest absolute Gasteiger partial charge is 0.306 e. The maximum atomic E-state index is 12.9. The minimum absolute atomic E-state index is 0.314. The van der Waals surface area contributed by atoms with Gasteiger partial charge in [0, 0.05) is 12.0 Å². The van der Waals surface area contributed by atoms with Crippen molar-refractivity contribution in [2.24, 2.45) is 5.92 Å². The highest BCUT2D eigenvalue weighted by Gasteiger charge is 2.28. The van der Waals surface area contributed by atoms with Crippen LogP contribution in [0.1, 0.15) is 17.9 Å². The standard InChI is InChI=1S/C14H12FNO3/c15-10-4-1-8(2-5-10)13-16-11-6-3-9(14(17)18)7-12(11)19-13/h1-2,4-5,9H,3,6-7H2,(H,17,18). The third-order valence-corrected chi connectivity index (χ3v) is 3.38. The van der Waals surface area contributed by atoms with E-state index in [1.165, 1.54) is 12.1 Å². The van der Waals surface area contributed by atoms with Crippen LogP contribution in [0.4, 0.5) is 4.39 Å². The van der Waals surface area contributed by atoms with Crippen LogP contribution in [0, 0.1) is 11.7 Å². The van der Waals surface area contributed by atoms with Crippen LogP contribution in [0.25, 0.3) is 11.5 Å². The molecule has 1 heterocycles. The van der Waals surface area contributed by atoms with Gasteiger partial charge >= 0.3 is 5.97 Å². The van der Waals surface area contributed by atoms with Crippen LogP contribution < -0.4 is 0 Å². The normalized spacial score (nSPS) is 18.1. The summed E-state index contributed by atoms with van der Waals surface area (Å²) in [6.07, 6.45) is 1.56. The van der Waals surface area contributed by atoms with Gasteiger partial charge in [-0.2, -0.15) is 0 Å². The zero-order valence-corrected chi connectivity index (χ0v) is 10.1. The number of hydrogen-bond acceptors (Lipinski definition) is 3. The SMILES string of the molecule is O=C(O)C1CCc2nc(-c3ccc(F)cc3)oc2C1. The van der Waals surface area contributed by atoms with Crippen molar-refractivity contribution in [2.75, 3.05) is 0 Å². The molecule has 1 unspecified atom stereocenters. The minimum Gasteiger partial charge on any atom is -0.481 e. The fourth-order valence-corrected chi connectivity index (χ4v) is 2.30. The molecule has 2 aromatic rings. The quantitative estimate of drug-likeness (QED) is 0.902. The number of hydrogen-bond donors (Lipinski definition) is 1. The molecule has 0 aliphatic heterocycles. The predicted molar refractivity (Wildman–Crippen MR) is 65.0 cm³/mol. The van der Waals surface area contributed by atoms with Crippen molar-refractivity contribution < 1.29 is 18.7 Å². The molecule has 1 N–H and O–H groups in total. The predicted octanol–water partition coefficient (Wildman–Crippen LogP) is 2.67. The summed E-state index contributed by atoms with van der Waals surface area (Å²) < 4.78 is 18.5. The maximum absolute atomic E-state index is 12.9. The molecule has 98 valence electrons. The Balaban J connectivity index is 1.91. The van der Waals surface area contributed by atoms with E-state index in [9.17, 15) is 9.18 Å². The number of oxazole rings is 1. The zero-order chi connectivity index (χ0) is 13.4. The molecule has 19 heavy (non-hydrogen) atoms. The molecule has 0 fully saturated rings. The van der Waals surface area contributed by atoms with Crippen LogP contribution >= 0.6 is 0 Å². The average molecular weight is 261 g/mol. The van der Waals surface area contributed by atoms with Crippen LogP contribution in [-0.4, -0.2) is 16.1 Å². The molecular formula is C14H12FNO3. The number of halogens is 1. The summed E-state index contributed by atoms with van der Waals surface area (Å²) in [6.45, 7) is 0. The second kappa shape index (κ2) is 4.50. The van der Waals surface area contributed by atoms with Gasteiger partial charge in [0.05, 0.1) is 11.6 Å². The van der Waals surface area contributed by atoms with Gasteiger partial charge in [-0.25, -0.2) is 9.37 Å². The molecular weight excluding hydrogens is 249 g/mol. The Labute approximate surface area is 108 Å². The van der Waals surface area contributed by atoms with Crippen LogP contribution in [0.2, 0.25) is 0 Å². The zero-order valence-electron chi connectivity index (χ0n) is 10.1. The lowest BCUT2D eigenvalue weighted by Gasteiger charge is -2.15. The van der Waals surface area contributed by atoms with Crippen molar-refractivity contribution in [3.05, 3.63) is 41.5 Å². The molecule has 0 spiro atoms. The number of carbonyl (C=O) groups is 1. The monoisotopic (exact) mass is 261 g/mol. The van der Waals surface area contributed by atoms with E-state index in [-0.39, 0.29) is 5.82 Å². The summed E-state index contributed by atoms with van der Waals surface area (Å²) in [6, 6.07) is 5.89. The number of benzene rings is 1. The number of aromatic nitrogens is 1. The number of carboxylic acid groups (broad SMARTS) is 1. The molecule has 1 aliphatic carbocycles. The topological polar surface area (TPSA) is 63.3 Å². The Hall–Kier alpha value is -2.17. The van der Waals surface area contributed by atoms with E-state index < -0.39 is 11.9 Å². The van der Waals surface area contributed by atoms with Gasteiger partial charge in [-0.1, -0.05) is 0 Å². The number of carboxylic acids is 1. The summed E-state index contributed by atoms with van der Waals surface area (Å²) in [4.78, 5) is 15.3. The number of fused-ring (bicyclic) bond motifs is 1. The molecule has 4 nitrogen and oxygen atoms in total. The summed E-state index contributed by atoms with van der Waals surface area (Å²) in [5, 5.41) is 9.01. The Kier molecular flexibility index (Phi) is 2.81. The molecule has 0 bridgehead atoms. The Morgan fingerprint density at radius 1 is 1.37 bits per heavy atom. The van der Waals surface area contributed by atoms with E-state index in [0.717, 1.165) is 5.69 Å². The van der Waals surface area contributed by atoms with Crippen molar-refractivity contribution in [3.8, 4) is 11.5 Å². The van der Waals surface area contributed by atoms with Gasteiger partial charge in [0.1, 0.15) is 11.6 Å². The summed E-state index contributed by atoms with van der Waals surface area (Å²) in [5.41, 5.74) is 1.51. The van der Waals surface area contributed by atoms with Gasteiger partial charge in [-0.05, 0) is 37.1 Å². The fourth-order valence-electron chi connectivity index (χ4n) is 2.30. The van der Waals surface area contributed by atoms with Crippen molar-refractivity contribution in [1.82, 2.24) is 4.98 Å². The largest absolute Gasteiger partial charge is 0.481 e. The van der Waals surface area contributed by atoms with Gasteiger partial charge in [-0.3, -0.25) is 4.79 Å². The highest BCUT2D eigenvalue weighted by atomic mass is 19.1. The van der Waals surface area contributed by atoms with Crippen molar-refractivity contribution in [1.29, 1.82) is 0 Å². The van der Waals surface area contributed by atoms with Crippen molar-refractivity contribution in [2.45, 2.75) is 19.3 Å². The molecule has 0 amide bonds. The molecule has 5 heteroatoms. The molecule has 1 aromatic heterocycles. The third kappa shape index (κ3) is 2.23. The lowest BCUT2D eigenvalue weighted by Crippen LogP contribution is -2.21. The molecule has 1 aliphatic rings. The van der Waals surface area contributed by atoms with Crippen LogP contribution in [-0.2, 0) is 17.6 Å². The first-order valence-electron chi connectivity index (χ1n) is 6.11. The average Bonchev–Trinajstić information content (AvgIpc) is 2.82. The minimum atomic E-state index is -0.801. The van der Waals surface area contributed by atoms with Crippen molar-refractivity contribution in [3.63, 3.8) is 0 Å². The van der Waals surface area contributed by atoms with E-state index in [0.29, 0.717) is 36.5 Å². The van der Waals surface area contributed by atoms with Gasteiger partial charge in [0.2, 0.25) is 5.89 Å². The summed E-state index contributed by atoms with van der Waals surface area (Å²) in [7, 11) is 0. The van der Waals surface area contributed by atoms with Gasteiger partial charge in [0.25, 0.3) is 0 Å². The van der Waals surface area contributed by atoms with E-state index >= 15 is 0 Å². The van der Waals surface area contributed by atoms with E-state index in [1.54, 1.807) is 12.1 Å². The Bertz CT molecular complexity index is 618. The molecule has 0 saturated heterocycles. The number of aliphatic carboxylic acids is 1. The molecule has 3 rings (SSSR count). The molecule has 0 saturated carbocycles. The molecule has 0 radical (unpaired) electrons. The van der Waals surface area contributed by atoms with Crippen molar-refractivity contribution >= 4 is 5.97 Å². The lowest BCUT2D eigenvalue weighted by atomic mass is 9.91. The lowest BCUT2D eigenvalue weighted by molar-refractivity contribution is -0.142. The fraction of sp³-hybridized carbons (Fsp3) is 0.286. The number of rotatable bonds is 2. The molecule has 1 atom stereocenters. The van der Waals surface area contributed by atoms with E-state index in [2.05, 4.69) is 4.98 Å². The maximum Gasteiger partial charge on any atom is 0.306 e. The summed E-state index contributed by atoms with van der Waals surface area (Å²) >= 11 is 0. The highest BCUT2D eigenvalue weighted by molar-refractivity contribution is 5.70. The second-order valence-corrected chi connectivity index (χ2v) is 4.67. The number of aryl methyl sites for hydroxylation is 1. The number of nitrogens with zero attached hydrogens (tertiary/aromatic N) is 1. The van der Waals surface area contributed by atoms with Gasteiger partial charge in [0.15, 0.2) is 0 Å². The molecule has 1 aromatic carbocycles. The van der Waals surface area contributed by atoms with E-state index in [1.807, 2.05) is 0 Å². The van der Waals surface area contributed by atoms with Gasteiger partial charge in [-0.15, -0.1) is 0 Å². The van der Waals surface area contributed by atoms with E-state index in [4.69, 9.17) is 9.52 Å². The Morgan fingerprint density at radius 2 is 2.11 bits per heavy atom. The third-order valence-electron chi connectivity index (χ3n) is 3.38. The highest BCUT2D eigenvalue weighted by Crippen LogP contribution is 2.30. The van der Waals surface area contributed by atoms with Crippen LogP contribution in [0.5, 0.6) is 0 Å².